The Bertz CT molecular complexity index is 650. The Labute approximate surface area is 139 Å². The van der Waals surface area contributed by atoms with Gasteiger partial charge in [-0.15, -0.1) is 0 Å². The van der Waals surface area contributed by atoms with Gasteiger partial charge in [-0.25, -0.2) is 0 Å². The van der Waals surface area contributed by atoms with Gasteiger partial charge in [0.15, 0.2) is 0 Å². The normalized spacial score (nSPS) is 18.5. The molecule has 0 unspecified atom stereocenters. The van der Waals surface area contributed by atoms with Crippen LogP contribution in [-0.2, 0) is 18.3 Å². The molecule has 1 amide bonds. The molecule has 2 heterocycles. The van der Waals surface area contributed by atoms with Crippen molar-refractivity contribution >= 4 is 21.8 Å². The summed E-state index contributed by atoms with van der Waals surface area (Å²) in [5, 5.41) is 4.25. The number of likely N-dealkylation sites (tertiary alicyclic amines) is 1. The molecule has 1 aliphatic rings. The Hall–Kier alpha value is -1.62. The minimum absolute atomic E-state index is 0.157. The molecule has 0 bridgehead atoms. The second-order valence-corrected chi connectivity index (χ2v) is 6.70. The lowest BCUT2D eigenvalue weighted by atomic mass is 9.98. The van der Waals surface area contributed by atoms with Crippen LogP contribution in [0, 0.1) is 0 Å². The minimum atomic E-state index is 0.157. The molecule has 0 saturated carbocycles. The molecule has 0 aliphatic carbocycles. The smallest absolute Gasteiger partial charge is 0.227 e. The van der Waals surface area contributed by atoms with Crippen LogP contribution in [0.15, 0.2) is 41.0 Å². The predicted octanol–water partition coefficient (Wildman–Crippen LogP) is 3.48. The molecule has 0 N–H and O–H groups in total. The van der Waals surface area contributed by atoms with Crippen molar-refractivity contribution in [2.24, 2.45) is 7.05 Å². The maximum atomic E-state index is 12.8. The van der Waals surface area contributed by atoms with Gasteiger partial charge in [-0.3, -0.25) is 9.48 Å². The minimum Gasteiger partial charge on any atom is -0.334 e. The van der Waals surface area contributed by atoms with Crippen LogP contribution >= 0.6 is 15.9 Å². The number of nitrogens with zero attached hydrogens (tertiary/aromatic N) is 3. The van der Waals surface area contributed by atoms with Crippen molar-refractivity contribution in [3.63, 3.8) is 0 Å². The molecule has 1 saturated heterocycles. The fourth-order valence-electron chi connectivity index (χ4n) is 3.13. The van der Waals surface area contributed by atoms with E-state index in [4.69, 9.17) is 0 Å². The third-order valence-corrected chi connectivity index (χ3v) is 4.82. The van der Waals surface area contributed by atoms with E-state index in [0.717, 1.165) is 41.5 Å². The van der Waals surface area contributed by atoms with Crippen LogP contribution in [0.4, 0.5) is 0 Å². The Morgan fingerprint density at radius 1 is 1.27 bits per heavy atom. The van der Waals surface area contributed by atoms with Gasteiger partial charge >= 0.3 is 0 Å². The van der Waals surface area contributed by atoms with E-state index in [1.807, 2.05) is 47.0 Å². The van der Waals surface area contributed by atoms with Crippen LogP contribution < -0.4 is 0 Å². The molecule has 1 atom stereocenters. The predicted molar refractivity (Wildman–Crippen MR) is 89.4 cm³/mol. The van der Waals surface area contributed by atoms with E-state index < -0.39 is 0 Å². The standard InChI is InChI=1S/C17H20BrN3O/c1-20-15(9-10-19-20)16-4-2-3-11-21(16)17(22)12-13-5-7-14(18)8-6-13/h5-10,16H,2-4,11-12H2,1H3/t16-/m0/s1. The van der Waals surface area contributed by atoms with Gasteiger partial charge in [-0.2, -0.15) is 5.10 Å². The van der Waals surface area contributed by atoms with E-state index in [1.165, 1.54) is 0 Å². The summed E-state index contributed by atoms with van der Waals surface area (Å²) in [4.78, 5) is 14.8. The van der Waals surface area contributed by atoms with Gasteiger partial charge in [-0.05, 0) is 43.0 Å². The number of amides is 1. The highest BCUT2D eigenvalue weighted by Gasteiger charge is 2.29. The Morgan fingerprint density at radius 2 is 2.05 bits per heavy atom. The monoisotopic (exact) mass is 361 g/mol. The van der Waals surface area contributed by atoms with Crippen molar-refractivity contribution in [3.8, 4) is 0 Å². The Morgan fingerprint density at radius 3 is 2.73 bits per heavy atom. The summed E-state index contributed by atoms with van der Waals surface area (Å²) in [6.45, 7) is 0.839. The first-order valence-corrected chi connectivity index (χ1v) is 8.46. The second kappa shape index (κ2) is 6.65. The number of carbonyl (C=O) groups excluding carboxylic acids is 1. The van der Waals surface area contributed by atoms with Gasteiger partial charge in [0, 0.05) is 24.3 Å². The number of halogens is 1. The van der Waals surface area contributed by atoms with E-state index in [0.29, 0.717) is 6.42 Å². The lowest BCUT2D eigenvalue weighted by Crippen LogP contribution is -2.40. The SMILES string of the molecule is Cn1nccc1[C@@H]1CCCCN1C(=O)Cc1ccc(Br)cc1. The summed E-state index contributed by atoms with van der Waals surface area (Å²) >= 11 is 3.43. The topological polar surface area (TPSA) is 38.1 Å². The lowest BCUT2D eigenvalue weighted by molar-refractivity contribution is -0.134. The molecule has 22 heavy (non-hydrogen) atoms. The molecule has 4 nitrogen and oxygen atoms in total. The highest BCUT2D eigenvalue weighted by molar-refractivity contribution is 9.10. The lowest BCUT2D eigenvalue weighted by Gasteiger charge is -2.36. The number of carbonyl (C=O) groups is 1. The van der Waals surface area contributed by atoms with Gasteiger partial charge < -0.3 is 4.90 Å². The molecule has 1 aromatic heterocycles. The van der Waals surface area contributed by atoms with E-state index in [2.05, 4.69) is 21.0 Å². The molecule has 3 rings (SSSR count). The zero-order chi connectivity index (χ0) is 15.5. The molecular weight excluding hydrogens is 342 g/mol. The first-order chi connectivity index (χ1) is 10.6. The maximum absolute atomic E-state index is 12.8. The van der Waals surface area contributed by atoms with Gasteiger partial charge in [0.05, 0.1) is 18.2 Å². The third-order valence-electron chi connectivity index (χ3n) is 4.29. The largest absolute Gasteiger partial charge is 0.334 e. The van der Waals surface area contributed by atoms with Crippen LogP contribution in [0.2, 0.25) is 0 Å². The number of hydrogen-bond acceptors (Lipinski definition) is 2. The van der Waals surface area contributed by atoms with E-state index >= 15 is 0 Å². The van der Waals surface area contributed by atoms with Gasteiger partial charge in [0.1, 0.15) is 0 Å². The van der Waals surface area contributed by atoms with E-state index in [9.17, 15) is 4.79 Å². The zero-order valence-electron chi connectivity index (χ0n) is 12.7. The van der Waals surface area contributed by atoms with Crippen molar-refractivity contribution in [1.29, 1.82) is 0 Å². The Balaban J connectivity index is 1.77. The van der Waals surface area contributed by atoms with Crippen LogP contribution in [-0.4, -0.2) is 27.1 Å². The quantitative estimate of drug-likeness (QED) is 0.839. The number of aryl methyl sites for hydroxylation is 1. The van der Waals surface area contributed by atoms with Crippen LogP contribution in [0.25, 0.3) is 0 Å². The van der Waals surface area contributed by atoms with Gasteiger partial charge in [0.2, 0.25) is 5.91 Å². The zero-order valence-corrected chi connectivity index (χ0v) is 14.3. The molecule has 0 radical (unpaired) electrons. The summed E-state index contributed by atoms with van der Waals surface area (Å²) in [6.07, 6.45) is 5.53. The molecule has 116 valence electrons. The van der Waals surface area contributed by atoms with Crippen molar-refractivity contribution in [2.45, 2.75) is 31.7 Å². The molecule has 1 aliphatic heterocycles. The van der Waals surface area contributed by atoms with Crippen molar-refractivity contribution in [1.82, 2.24) is 14.7 Å². The van der Waals surface area contributed by atoms with Gasteiger partial charge in [-0.1, -0.05) is 28.1 Å². The molecule has 5 heteroatoms. The van der Waals surface area contributed by atoms with E-state index in [-0.39, 0.29) is 11.9 Å². The first-order valence-electron chi connectivity index (χ1n) is 7.67. The fraction of sp³-hybridized carbons (Fsp3) is 0.412. The number of piperidine rings is 1. The molecule has 2 aromatic rings. The molecule has 0 spiro atoms. The summed E-state index contributed by atoms with van der Waals surface area (Å²) in [6, 6.07) is 10.2. The number of hydrogen-bond donors (Lipinski definition) is 0. The Kier molecular flexibility index (Phi) is 4.62. The average Bonchev–Trinajstić information content (AvgIpc) is 2.95. The van der Waals surface area contributed by atoms with Crippen molar-refractivity contribution in [2.75, 3.05) is 6.54 Å². The highest BCUT2D eigenvalue weighted by atomic mass is 79.9. The number of benzene rings is 1. The first kappa shape index (κ1) is 15.3. The molecular formula is C17H20BrN3O. The third kappa shape index (κ3) is 3.24. The molecule has 1 aromatic carbocycles. The maximum Gasteiger partial charge on any atom is 0.227 e. The van der Waals surface area contributed by atoms with Crippen LogP contribution in [0.5, 0.6) is 0 Å². The van der Waals surface area contributed by atoms with Crippen LogP contribution in [0.1, 0.15) is 36.6 Å². The van der Waals surface area contributed by atoms with Crippen molar-refractivity contribution in [3.05, 3.63) is 52.3 Å². The van der Waals surface area contributed by atoms with Crippen LogP contribution in [0.3, 0.4) is 0 Å². The molecule has 1 fully saturated rings. The highest BCUT2D eigenvalue weighted by Crippen LogP contribution is 2.31. The van der Waals surface area contributed by atoms with Crippen molar-refractivity contribution < 1.29 is 4.79 Å². The number of rotatable bonds is 3. The van der Waals surface area contributed by atoms with Gasteiger partial charge in [0.25, 0.3) is 0 Å². The summed E-state index contributed by atoms with van der Waals surface area (Å²) in [5.74, 6) is 0.202. The second-order valence-electron chi connectivity index (χ2n) is 5.78. The summed E-state index contributed by atoms with van der Waals surface area (Å²) in [5.41, 5.74) is 2.19. The fourth-order valence-corrected chi connectivity index (χ4v) is 3.39. The van der Waals surface area contributed by atoms with E-state index in [1.54, 1.807) is 6.20 Å². The summed E-state index contributed by atoms with van der Waals surface area (Å²) < 4.78 is 2.92. The number of aromatic nitrogens is 2. The average molecular weight is 362 g/mol. The summed E-state index contributed by atoms with van der Waals surface area (Å²) in [7, 11) is 1.95.